The molecular weight excluding hydrogens is 656 g/mol. The second kappa shape index (κ2) is 19.1. The van der Waals surface area contributed by atoms with Crippen LogP contribution < -0.4 is 36.1 Å². The summed E-state index contributed by atoms with van der Waals surface area (Å²) >= 11 is 0. The van der Waals surface area contributed by atoms with Gasteiger partial charge < -0.3 is 40.6 Å². The predicted octanol–water partition coefficient (Wildman–Crippen LogP) is 1.93. The number of ether oxygens (including phenoxy) is 2. The lowest BCUT2D eigenvalue weighted by atomic mass is 10.00. The van der Waals surface area contributed by atoms with Gasteiger partial charge in [0, 0.05) is 25.6 Å². The van der Waals surface area contributed by atoms with Crippen molar-refractivity contribution in [2.75, 3.05) is 26.8 Å². The Kier molecular flexibility index (Phi) is 14.4. The van der Waals surface area contributed by atoms with Gasteiger partial charge in [0.1, 0.15) is 23.9 Å². The lowest BCUT2D eigenvalue weighted by Crippen LogP contribution is -2.58. The van der Waals surface area contributed by atoms with E-state index >= 15 is 0 Å². The number of nitrogens with zero attached hydrogens (tertiary/aromatic N) is 1. The molecule has 274 valence electrons. The van der Waals surface area contributed by atoms with E-state index in [1.165, 1.54) is 7.11 Å². The van der Waals surface area contributed by atoms with Gasteiger partial charge in [-0.15, -0.1) is 0 Å². The monoisotopic (exact) mass is 704 g/mol. The summed E-state index contributed by atoms with van der Waals surface area (Å²) in [7, 11) is 1.51. The molecule has 14 heteroatoms. The van der Waals surface area contributed by atoms with Gasteiger partial charge in [-0.25, -0.2) is 0 Å². The smallest absolute Gasteiger partial charge is 0.257 e. The van der Waals surface area contributed by atoms with E-state index in [-0.39, 0.29) is 50.1 Å². The van der Waals surface area contributed by atoms with E-state index in [0.29, 0.717) is 48.8 Å². The van der Waals surface area contributed by atoms with Crippen molar-refractivity contribution in [2.24, 2.45) is 5.92 Å². The first-order valence-electron chi connectivity index (χ1n) is 17.2. The van der Waals surface area contributed by atoms with Gasteiger partial charge in [-0.3, -0.25) is 24.0 Å². The molecule has 0 radical (unpaired) electrons. The largest absolute Gasteiger partial charge is 0.493 e. The minimum Gasteiger partial charge on any atom is -0.493 e. The highest BCUT2D eigenvalue weighted by Gasteiger charge is 2.31. The topological polar surface area (TPSA) is 190 Å². The number of benzene rings is 2. The molecule has 14 nitrogen and oxygen atoms in total. The lowest BCUT2D eigenvalue weighted by molar-refractivity contribution is -0.134. The maximum absolute atomic E-state index is 13.8. The highest BCUT2D eigenvalue weighted by Crippen LogP contribution is 2.28. The first-order valence-corrected chi connectivity index (χ1v) is 17.2. The van der Waals surface area contributed by atoms with Gasteiger partial charge in [-0.1, -0.05) is 55.4 Å². The summed E-state index contributed by atoms with van der Waals surface area (Å²) in [6, 6.07) is 13.3. The summed E-state index contributed by atoms with van der Waals surface area (Å²) in [4.78, 5) is 66.8. The lowest BCUT2D eigenvalue weighted by Gasteiger charge is -2.27. The number of methoxy groups -OCH3 is 1. The second-order valence-electron chi connectivity index (χ2n) is 12.9. The summed E-state index contributed by atoms with van der Waals surface area (Å²) in [6.07, 6.45) is 1.67. The molecule has 5 amide bonds. The molecular formula is C37H48N6O8. The highest BCUT2D eigenvalue weighted by molar-refractivity contribution is 5.94. The Labute approximate surface area is 297 Å². The van der Waals surface area contributed by atoms with Crippen molar-refractivity contribution in [2.45, 2.75) is 77.4 Å². The summed E-state index contributed by atoms with van der Waals surface area (Å²) in [6.45, 7) is 5.67. The summed E-state index contributed by atoms with van der Waals surface area (Å²) in [5.41, 5.74) is 2.33. The SMILES string of the molecule is COc1ccc2cc1OCC(=O)NCCC[C@H](NC(=O)Cc1cc(C)no1)C(=O)N[C@@H](Cc1ccccc1)C(=O)N[C@H](C(C)C)C(=O)NCCC2. The standard InChI is InChI=1S/C37H48N6O8/c1-23(2)34-37(48)39-17-8-12-26-14-15-30(49-4)31(20-26)50-22-33(45)38-16-9-13-28(40-32(44)21-27-18-24(3)43-51-27)35(46)41-29(36(47)42-34)19-25-10-6-5-7-11-25/h5-7,10-11,14-15,18,20,23,28-29,34H,8-9,12-13,16-17,19,21-22H2,1-4H3,(H,38,45)(H,39,48)(H,40,44)(H,41,46)(H,42,47)/t28-,29-,34+/m0/s1. The molecule has 1 aromatic heterocycles. The van der Waals surface area contributed by atoms with E-state index in [0.717, 1.165) is 11.1 Å². The molecule has 3 atom stereocenters. The Morgan fingerprint density at radius 2 is 1.73 bits per heavy atom. The predicted molar refractivity (Wildman–Crippen MR) is 188 cm³/mol. The summed E-state index contributed by atoms with van der Waals surface area (Å²) in [5, 5.41) is 17.9. The van der Waals surface area contributed by atoms with Crippen molar-refractivity contribution in [3.05, 3.63) is 77.2 Å². The van der Waals surface area contributed by atoms with E-state index in [1.807, 2.05) is 50.2 Å². The molecule has 2 heterocycles. The number of fused-ring (bicyclic) bond motifs is 2. The number of amides is 5. The maximum atomic E-state index is 13.8. The normalized spacial score (nSPS) is 20.0. The van der Waals surface area contributed by atoms with Crippen LogP contribution in [0, 0.1) is 12.8 Å². The Hall–Kier alpha value is -5.40. The fraction of sp³-hybridized carbons (Fsp3) is 0.459. The number of carbonyl (C=O) groups excluding carboxylic acids is 5. The maximum Gasteiger partial charge on any atom is 0.257 e. The number of hydrogen-bond donors (Lipinski definition) is 5. The van der Waals surface area contributed by atoms with Crippen molar-refractivity contribution in [3.8, 4) is 11.5 Å². The molecule has 0 aliphatic carbocycles. The summed E-state index contributed by atoms with van der Waals surface area (Å²) < 4.78 is 16.4. The molecule has 0 saturated carbocycles. The number of aromatic nitrogens is 1. The van der Waals surface area contributed by atoms with Gasteiger partial charge >= 0.3 is 0 Å². The molecule has 0 spiro atoms. The van der Waals surface area contributed by atoms with Crippen LogP contribution in [0.25, 0.3) is 0 Å². The molecule has 4 rings (SSSR count). The zero-order valence-corrected chi connectivity index (χ0v) is 29.6. The Morgan fingerprint density at radius 1 is 0.961 bits per heavy atom. The molecule has 1 aliphatic heterocycles. The van der Waals surface area contributed by atoms with Crippen LogP contribution in [-0.2, 0) is 43.2 Å². The second-order valence-corrected chi connectivity index (χ2v) is 12.9. The molecule has 51 heavy (non-hydrogen) atoms. The Morgan fingerprint density at radius 3 is 2.43 bits per heavy atom. The molecule has 0 unspecified atom stereocenters. The number of nitrogens with one attached hydrogen (secondary N) is 5. The number of aryl methyl sites for hydroxylation is 2. The van der Waals surface area contributed by atoms with Crippen molar-refractivity contribution < 1.29 is 38.0 Å². The Balaban J connectivity index is 1.58. The molecule has 3 aromatic rings. The number of hydrogen-bond acceptors (Lipinski definition) is 9. The van der Waals surface area contributed by atoms with Crippen LogP contribution >= 0.6 is 0 Å². The van der Waals surface area contributed by atoms with Crippen LogP contribution in [0.1, 0.15) is 55.7 Å². The minimum absolute atomic E-state index is 0.140. The molecule has 5 N–H and O–H groups in total. The van der Waals surface area contributed by atoms with Gasteiger partial charge in [0.15, 0.2) is 18.1 Å². The van der Waals surface area contributed by atoms with Crippen LogP contribution in [0.3, 0.4) is 0 Å². The molecule has 0 saturated heterocycles. The van der Waals surface area contributed by atoms with Gasteiger partial charge in [0.2, 0.25) is 23.6 Å². The molecule has 2 bridgehead atoms. The van der Waals surface area contributed by atoms with Crippen molar-refractivity contribution in [1.29, 1.82) is 0 Å². The van der Waals surface area contributed by atoms with E-state index < -0.39 is 35.8 Å². The van der Waals surface area contributed by atoms with Crippen LogP contribution in [0.15, 0.2) is 59.1 Å². The highest BCUT2D eigenvalue weighted by atomic mass is 16.5. The van der Waals surface area contributed by atoms with E-state index in [4.69, 9.17) is 14.0 Å². The van der Waals surface area contributed by atoms with Crippen molar-refractivity contribution in [3.63, 3.8) is 0 Å². The van der Waals surface area contributed by atoms with Crippen LogP contribution in [0.5, 0.6) is 11.5 Å². The average molecular weight is 705 g/mol. The van der Waals surface area contributed by atoms with Gasteiger partial charge in [0.05, 0.1) is 19.2 Å². The fourth-order valence-electron chi connectivity index (χ4n) is 5.62. The summed E-state index contributed by atoms with van der Waals surface area (Å²) in [5.74, 6) is -1.38. The van der Waals surface area contributed by atoms with Gasteiger partial charge in [-0.2, -0.15) is 0 Å². The third-order valence-electron chi connectivity index (χ3n) is 8.35. The van der Waals surface area contributed by atoms with Gasteiger partial charge in [0.25, 0.3) is 5.91 Å². The van der Waals surface area contributed by atoms with Crippen LogP contribution in [0.2, 0.25) is 0 Å². The molecule has 2 aromatic carbocycles. The zero-order chi connectivity index (χ0) is 36.8. The van der Waals surface area contributed by atoms with E-state index in [2.05, 4.69) is 31.7 Å². The molecule has 0 fully saturated rings. The van der Waals surface area contributed by atoms with Gasteiger partial charge in [-0.05, 0) is 61.8 Å². The van der Waals surface area contributed by atoms with Crippen molar-refractivity contribution in [1.82, 2.24) is 31.7 Å². The van der Waals surface area contributed by atoms with Crippen molar-refractivity contribution >= 4 is 29.5 Å². The number of carbonyl (C=O) groups is 5. The van der Waals surface area contributed by atoms with E-state index in [1.54, 1.807) is 25.1 Å². The Bertz CT molecular complexity index is 1640. The quantitative estimate of drug-likeness (QED) is 0.245. The third-order valence-corrected chi connectivity index (χ3v) is 8.35. The van der Waals surface area contributed by atoms with E-state index in [9.17, 15) is 24.0 Å². The third kappa shape index (κ3) is 12.2. The van der Waals surface area contributed by atoms with Crippen LogP contribution in [-0.4, -0.2) is 79.6 Å². The fourth-order valence-corrected chi connectivity index (χ4v) is 5.62. The first kappa shape index (κ1) is 38.4. The molecule has 1 aliphatic rings. The first-order chi connectivity index (χ1) is 24.5. The minimum atomic E-state index is -1.07. The average Bonchev–Trinajstić information content (AvgIpc) is 3.52. The number of rotatable bonds is 7. The van der Waals surface area contributed by atoms with Crippen LogP contribution in [0.4, 0.5) is 0 Å². The zero-order valence-electron chi connectivity index (χ0n) is 29.6.